The maximum Gasteiger partial charge on any atom is 0.339 e. The summed E-state index contributed by atoms with van der Waals surface area (Å²) in [6.45, 7) is -0.0286. The second-order valence-corrected chi connectivity index (χ2v) is 5.09. The SMILES string of the molecule is COc1c(C(=O)O)cc(O)c2c(=O)c3c4c(ccc3oc12)OCO4. The third-order valence-corrected chi connectivity index (χ3v) is 3.82. The third kappa shape index (κ3) is 1.73. The zero-order valence-electron chi connectivity index (χ0n) is 12.3. The van der Waals surface area contributed by atoms with E-state index in [4.69, 9.17) is 18.6 Å². The first-order valence-corrected chi connectivity index (χ1v) is 6.85. The van der Waals surface area contributed by atoms with Crippen LogP contribution in [0.5, 0.6) is 23.0 Å². The summed E-state index contributed by atoms with van der Waals surface area (Å²) in [7, 11) is 1.25. The van der Waals surface area contributed by atoms with Gasteiger partial charge in [-0.1, -0.05) is 0 Å². The topological polar surface area (TPSA) is 115 Å². The van der Waals surface area contributed by atoms with Crippen LogP contribution in [0.2, 0.25) is 0 Å². The van der Waals surface area contributed by atoms with Crippen molar-refractivity contribution in [1.29, 1.82) is 0 Å². The van der Waals surface area contributed by atoms with Gasteiger partial charge in [0.2, 0.25) is 12.2 Å². The summed E-state index contributed by atoms with van der Waals surface area (Å²) in [5.74, 6) is -1.37. The van der Waals surface area contributed by atoms with Crippen LogP contribution in [0.4, 0.5) is 0 Å². The normalized spacial score (nSPS) is 12.7. The lowest BCUT2D eigenvalue weighted by molar-refractivity contribution is 0.0693. The molecule has 1 aliphatic heterocycles. The van der Waals surface area contributed by atoms with E-state index in [0.29, 0.717) is 5.75 Å². The number of aromatic carboxylic acids is 1. The van der Waals surface area contributed by atoms with E-state index in [1.165, 1.54) is 13.2 Å². The summed E-state index contributed by atoms with van der Waals surface area (Å²) in [6.07, 6.45) is 0. The molecule has 0 amide bonds. The lowest BCUT2D eigenvalue weighted by atomic mass is 10.1. The molecule has 4 rings (SSSR count). The van der Waals surface area contributed by atoms with Crippen LogP contribution in [0.25, 0.3) is 21.9 Å². The Morgan fingerprint density at radius 2 is 2.04 bits per heavy atom. The van der Waals surface area contributed by atoms with Gasteiger partial charge in [-0.05, 0) is 18.2 Å². The highest BCUT2D eigenvalue weighted by Crippen LogP contribution is 2.41. The number of hydrogen-bond donors (Lipinski definition) is 2. The molecule has 2 aromatic carbocycles. The molecule has 1 aliphatic rings. The molecule has 0 aliphatic carbocycles. The average molecular weight is 330 g/mol. The van der Waals surface area contributed by atoms with Crippen molar-refractivity contribution in [3.05, 3.63) is 34.0 Å². The van der Waals surface area contributed by atoms with Gasteiger partial charge in [-0.25, -0.2) is 4.79 Å². The van der Waals surface area contributed by atoms with Crippen molar-refractivity contribution in [1.82, 2.24) is 0 Å². The van der Waals surface area contributed by atoms with Gasteiger partial charge in [0.1, 0.15) is 27.7 Å². The van der Waals surface area contributed by atoms with Gasteiger partial charge < -0.3 is 28.8 Å². The van der Waals surface area contributed by atoms with Crippen molar-refractivity contribution in [2.24, 2.45) is 0 Å². The van der Waals surface area contributed by atoms with Gasteiger partial charge in [0.15, 0.2) is 22.8 Å². The Morgan fingerprint density at radius 1 is 1.25 bits per heavy atom. The number of fused-ring (bicyclic) bond motifs is 4. The van der Waals surface area contributed by atoms with Crippen molar-refractivity contribution < 1.29 is 33.6 Å². The smallest absolute Gasteiger partial charge is 0.339 e. The Hall–Kier alpha value is -3.42. The van der Waals surface area contributed by atoms with Crippen molar-refractivity contribution in [2.45, 2.75) is 0 Å². The first kappa shape index (κ1) is 14.2. The Kier molecular flexibility index (Phi) is 2.83. The summed E-state index contributed by atoms with van der Waals surface area (Å²) in [5, 5.41) is 19.3. The number of carboxylic acids is 1. The summed E-state index contributed by atoms with van der Waals surface area (Å²) in [4.78, 5) is 24.2. The summed E-state index contributed by atoms with van der Waals surface area (Å²) < 4.78 is 21.3. The van der Waals surface area contributed by atoms with Crippen molar-refractivity contribution >= 4 is 27.9 Å². The third-order valence-electron chi connectivity index (χ3n) is 3.82. The molecule has 0 saturated carbocycles. The van der Waals surface area contributed by atoms with Gasteiger partial charge >= 0.3 is 5.97 Å². The number of carboxylic acid groups (broad SMARTS) is 1. The molecule has 8 heteroatoms. The summed E-state index contributed by atoms with van der Waals surface area (Å²) >= 11 is 0. The molecule has 0 saturated heterocycles. The molecule has 0 unspecified atom stereocenters. The van der Waals surface area contributed by atoms with Crippen LogP contribution in [0.3, 0.4) is 0 Å². The minimum Gasteiger partial charge on any atom is -0.507 e. The number of phenols is 1. The molecule has 3 aromatic rings. The van der Waals surface area contributed by atoms with Gasteiger partial charge in [-0.15, -0.1) is 0 Å². The monoisotopic (exact) mass is 330 g/mol. The minimum absolute atomic E-state index is 0.0286. The van der Waals surface area contributed by atoms with Crippen LogP contribution in [-0.4, -0.2) is 30.1 Å². The van der Waals surface area contributed by atoms with Crippen LogP contribution < -0.4 is 19.6 Å². The molecular formula is C16H10O8. The molecule has 0 bridgehead atoms. The molecule has 0 atom stereocenters. The first-order valence-electron chi connectivity index (χ1n) is 6.85. The standard InChI is InChI=1S/C16H10O8/c1-21-13-6(16(19)20)4-7(17)10-12(18)11-8(24-15(10)13)2-3-9-14(11)23-5-22-9/h2-4,17H,5H2,1H3,(H,19,20). The second kappa shape index (κ2) is 4.79. The lowest BCUT2D eigenvalue weighted by Gasteiger charge is -2.11. The Bertz CT molecular complexity index is 1080. The number of carbonyl (C=O) groups is 1. The number of benzene rings is 2. The van der Waals surface area contributed by atoms with Gasteiger partial charge in [-0.3, -0.25) is 4.79 Å². The fourth-order valence-electron chi connectivity index (χ4n) is 2.79. The average Bonchev–Trinajstić information content (AvgIpc) is 3.02. The molecule has 2 N–H and O–H groups in total. The van der Waals surface area contributed by atoms with E-state index in [-0.39, 0.29) is 45.8 Å². The largest absolute Gasteiger partial charge is 0.507 e. The number of rotatable bonds is 2. The van der Waals surface area contributed by atoms with Crippen LogP contribution in [0.1, 0.15) is 10.4 Å². The summed E-state index contributed by atoms with van der Waals surface area (Å²) in [5.41, 5.74) is -0.865. The maximum absolute atomic E-state index is 12.9. The molecule has 0 fully saturated rings. The van der Waals surface area contributed by atoms with E-state index in [1.807, 2.05) is 0 Å². The minimum atomic E-state index is -1.32. The van der Waals surface area contributed by atoms with E-state index in [1.54, 1.807) is 6.07 Å². The van der Waals surface area contributed by atoms with Crippen LogP contribution >= 0.6 is 0 Å². The van der Waals surface area contributed by atoms with Crippen LogP contribution in [0, 0.1) is 0 Å². The molecule has 8 nitrogen and oxygen atoms in total. The quantitative estimate of drug-likeness (QED) is 0.686. The van der Waals surface area contributed by atoms with Crippen LogP contribution in [0.15, 0.2) is 27.4 Å². The van der Waals surface area contributed by atoms with E-state index < -0.39 is 17.1 Å². The predicted molar refractivity (Wildman–Crippen MR) is 81.3 cm³/mol. The van der Waals surface area contributed by atoms with E-state index in [9.17, 15) is 19.8 Å². The molecule has 24 heavy (non-hydrogen) atoms. The van der Waals surface area contributed by atoms with Crippen molar-refractivity contribution in [3.63, 3.8) is 0 Å². The number of phenolic OH excluding ortho intramolecular Hbond substituents is 1. The summed E-state index contributed by atoms with van der Waals surface area (Å²) in [6, 6.07) is 4.03. The number of aromatic hydroxyl groups is 1. The number of ether oxygens (including phenoxy) is 3. The fraction of sp³-hybridized carbons (Fsp3) is 0.125. The number of hydrogen-bond acceptors (Lipinski definition) is 7. The van der Waals surface area contributed by atoms with Crippen molar-refractivity contribution in [3.8, 4) is 23.0 Å². The van der Waals surface area contributed by atoms with Gasteiger partial charge in [0, 0.05) is 0 Å². The molecule has 2 heterocycles. The Balaban J connectivity index is 2.24. The first-order chi connectivity index (χ1) is 11.5. The van der Waals surface area contributed by atoms with Gasteiger partial charge in [0.25, 0.3) is 0 Å². The predicted octanol–water partition coefficient (Wildman–Crippen LogP) is 2.09. The fourth-order valence-corrected chi connectivity index (χ4v) is 2.79. The molecule has 0 spiro atoms. The second-order valence-electron chi connectivity index (χ2n) is 5.09. The van der Waals surface area contributed by atoms with Crippen LogP contribution in [-0.2, 0) is 0 Å². The maximum atomic E-state index is 12.9. The van der Waals surface area contributed by atoms with E-state index in [2.05, 4.69) is 0 Å². The highest BCUT2D eigenvalue weighted by Gasteiger charge is 2.26. The van der Waals surface area contributed by atoms with E-state index >= 15 is 0 Å². The molecular weight excluding hydrogens is 320 g/mol. The Labute approximate surface area is 133 Å². The van der Waals surface area contributed by atoms with Crippen molar-refractivity contribution in [2.75, 3.05) is 13.9 Å². The molecule has 1 aromatic heterocycles. The highest BCUT2D eigenvalue weighted by atomic mass is 16.7. The van der Waals surface area contributed by atoms with E-state index in [0.717, 1.165) is 6.07 Å². The molecule has 0 radical (unpaired) electrons. The van der Waals surface area contributed by atoms with Gasteiger partial charge in [-0.2, -0.15) is 0 Å². The Morgan fingerprint density at radius 3 is 2.75 bits per heavy atom. The lowest BCUT2D eigenvalue weighted by Crippen LogP contribution is -2.07. The zero-order chi connectivity index (χ0) is 17.0. The number of methoxy groups -OCH3 is 1. The zero-order valence-corrected chi connectivity index (χ0v) is 12.3. The molecule has 122 valence electrons. The highest BCUT2D eigenvalue weighted by molar-refractivity contribution is 6.04. The van der Waals surface area contributed by atoms with Gasteiger partial charge in [0.05, 0.1) is 7.11 Å².